The minimum atomic E-state index is -0.439. The molecule has 1 aromatic heterocycles. The zero-order valence-corrected chi connectivity index (χ0v) is 12.0. The van der Waals surface area contributed by atoms with Crippen molar-refractivity contribution in [1.82, 2.24) is 14.9 Å². The Morgan fingerprint density at radius 3 is 2.85 bits per heavy atom. The first-order valence-corrected chi connectivity index (χ1v) is 6.60. The third kappa shape index (κ3) is 3.36. The van der Waals surface area contributed by atoms with Crippen LogP contribution in [0.15, 0.2) is 30.7 Å². The normalized spacial score (nSPS) is 10.8. The molecular weight excluding hydrogens is 281 g/mol. The fourth-order valence-electron chi connectivity index (χ4n) is 1.67. The van der Waals surface area contributed by atoms with Crippen molar-refractivity contribution in [2.24, 2.45) is 0 Å². The van der Waals surface area contributed by atoms with E-state index in [-0.39, 0.29) is 18.5 Å². The van der Waals surface area contributed by atoms with Crippen LogP contribution in [0.1, 0.15) is 35.9 Å². The summed E-state index contributed by atoms with van der Waals surface area (Å²) in [5.74, 6) is -0.774. The van der Waals surface area contributed by atoms with Gasteiger partial charge in [0, 0.05) is 29.4 Å². The topological polar surface area (TPSA) is 46.9 Å². The highest BCUT2D eigenvalue weighted by Crippen LogP contribution is 2.14. The van der Waals surface area contributed by atoms with E-state index >= 15 is 0 Å². The summed E-state index contributed by atoms with van der Waals surface area (Å²) < 4.78 is 15.4. The van der Waals surface area contributed by atoms with Crippen molar-refractivity contribution in [2.75, 3.05) is 0 Å². The number of hydrogen-bond acceptors (Lipinski definition) is 2. The van der Waals surface area contributed by atoms with Crippen LogP contribution in [0.25, 0.3) is 0 Å². The number of amides is 1. The molecule has 1 N–H and O–H groups in total. The lowest BCUT2D eigenvalue weighted by atomic mass is 10.2. The first-order valence-electron chi connectivity index (χ1n) is 6.23. The molecule has 0 aliphatic heterocycles. The van der Waals surface area contributed by atoms with E-state index in [4.69, 9.17) is 11.6 Å². The van der Waals surface area contributed by atoms with Crippen LogP contribution in [0.2, 0.25) is 5.02 Å². The molecule has 0 unspecified atom stereocenters. The van der Waals surface area contributed by atoms with Gasteiger partial charge in [-0.3, -0.25) is 4.79 Å². The molecule has 2 aromatic rings. The van der Waals surface area contributed by atoms with Crippen molar-refractivity contribution in [3.63, 3.8) is 0 Å². The molecule has 0 radical (unpaired) electrons. The van der Waals surface area contributed by atoms with Gasteiger partial charge in [-0.2, -0.15) is 0 Å². The maximum atomic E-state index is 13.6. The lowest BCUT2D eigenvalue weighted by Crippen LogP contribution is -2.23. The lowest BCUT2D eigenvalue weighted by molar-refractivity contribution is 0.0946. The highest BCUT2D eigenvalue weighted by Gasteiger charge is 2.11. The zero-order valence-electron chi connectivity index (χ0n) is 11.2. The Bertz CT molecular complexity index is 625. The molecule has 106 valence electrons. The Morgan fingerprint density at radius 1 is 1.50 bits per heavy atom. The third-order valence-corrected chi connectivity index (χ3v) is 3.12. The van der Waals surface area contributed by atoms with Crippen molar-refractivity contribution in [3.05, 3.63) is 52.8 Å². The van der Waals surface area contributed by atoms with Crippen LogP contribution in [0.3, 0.4) is 0 Å². The molecule has 0 fully saturated rings. The predicted molar refractivity (Wildman–Crippen MR) is 75.2 cm³/mol. The van der Waals surface area contributed by atoms with Gasteiger partial charge in [0.05, 0.1) is 6.33 Å². The summed E-state index contributed by atoms with van der Waals surface area (Å²) in [6.07, 6.45) is 3.26. The van der Waals surface area contributed by atoms with Gasteiger partial charge in [-0.1, -0.05) is 17.7 Å². The summed E-state index contributed by atoms with van der Waals surface area (Å²) in [7, 11) is 0. The molecular formula is C14H15ClFN3O. The first-order chi connectivity index (χ1) is 9.47. The van der Waals surface area contributed by atoms with E-state index in [1.165, 1.54) is 6.07 Å². The second-order valence-corrected chi connectivity index (χ2v) is 5.15. The first kappa shape index (κ1) is 14.5. The van der Waals surface area contributed by atoms with Crippen LogP contribution in [-0.2, 0) is 6.54 Å². The minimum Gasteiger partial charge on any atom is -0.346 e. The van der Waals surface area contributed by atoms with Gasteiger partial charge >= 0.3 is 0 Å². The number of aromatic nitrogens is 2. The summed E-state index contributed by atoms with van der Waals surface area (Å²) in [6, 6.07) is 4.58. The van der Waals surface area contributed by atoms with Gasteiger partial charge in [-0.05, 0) is 26.0 Å². The fraction of sp³-hybridized carbons (Fsp3) is 0.286. The summed E-state index contributed by atoms with van der Waals surface area (Å²) in [4.78, 5) is 15.9. The monoisotopic (exact) mass is 295 g/mol. The molecule has 0 atom stereocenters. The number of imidazole rings is 1. The van der Waals surface area contributed by atoms with Gasteiger partial charge in [-0.25, -0.2) is 9.37 Å². The average Bonchev–Trinajstić information content (AvgIpc) is 2.87. The second kappa shape index (κ2) is 6.05. The molecule has 1 aromatic carbocycles. The lowest BCUT2D eigenvalue weighted by Gasteiger charge is -2.06. The van der Waals surface area contributed by atoms with Gasteiger partial charge in [0.15, 0.2) is 0 Å². The maximum Gasteiger partial charge on any atom is 0.271 e. The quantitative estimate of drug-likeness (QED) is 0.941. The highest BCUT2D eigenvalue weighted by molar-refractivity contribution is 6.30. The van der Waals surface area contributed by atoms with Crippen LogP contribution < -0.4 is 5.32 Å². The number of carbonyl (C=O) groups is 1. The molecule has 0 bridgehead atoms. The standard InChI is InChI=1S/C14H15ClFN3O/c1-9(2)19-7-13(18-8-19)14(20)17-6-10-3-4-11(15)5-12(10)16/h3-5,7-9H,6H2,1-2H3,(H,17,20). The molecule has 1 heterocycles. The van der Waals surface area contributed by atoms with E-state index in [0.29, 0.717) is 16.3 Å². The number of rotatable bonds is 4. The maximum absolute atomic E-state index is 13.6. The van der Waals surface area contributed by atoms with Crippen molar-refractivity contribution in [2.45, 2.75) is 26.4 Å². The summed E-state index contributed by atoms with van der Waals surface area (Å²) in [6.45, 7) is 4.08. The molecule has 2 rings (SSSR count). The number of nitrogens with one attached hydrogen (secondary N) is 1. The van der Waals surface area contributed by atoms with E-state index < -0.39 is 5.82 Å². The van der Waals surface area contributed by atoms with E-state index in [9.17, 15) is 9.18 Å². The van der Waals surface area contributed by atoms with E-state index in [0.717, 1.165) is 0 Å². The van der Waals surface area contributed by atoms with Gasteiger partial charge in [0.2, 0.25) is 0 Å². The summed E-state index contributed by atoms with van der Waals surface area (Å²) in [5.41, 5.74) is 0.694. The Balaban J connectivity index is 2.01. The zero-order chi connectivity index (χ0) is 14.7. The van der Waals surface area contributed by atoms with Crippen LogP contribution >= 0.6 is 11.6 Å². The molecule has 1 amide bonds. The molecule has 6 heteroatoms. The van der Waals surface area contributed by atoms with E-state index in [2.05, 4.69) is 10.3 Å². The molecule has 0 aliphatic carbocycles. The van der Waals surface area contributed by atoms with Gasteiger partial charge in [0.25, 0.3) is 5.91 Å². The van der Waals surface area contributed by atoms with E-state index in [1.807, 2.05) is 18.4 Å². The van der Waals surface area contributed by atoms with Crippen LogP contribution in [0.4, 0.5) is 4.39 Å². The Hall–Kier alpha value is -1.88. The molecule has 4 nitrogen and oxygen atoms in total. The Labute approximate surface area is 121 Å². The Morgan fingerprint density at radius 2 is 2.25 bits per heavy atom. The second-order valence-electron chi connectivity index (χ2n) is 4.72. The van der Waals surface area contributed by atoms with Crippen LogP contribution in [-0.4, -0.2) is 15.5 Å². The van der Waals surface area contributed by atoms with Crippen LogP contribution in [0, 0.1) is 5.82 Å². The molecule has 0 saturated heterocycles. The number of nitrogens with zero attached hydrogens (tertiary/aromatic N) is 2. The summed E-state index contributed by atoms with van der Waals surface area (Å²) in [5, 5.41) is 2.96. The van der Waals surface area contributed by atoms with Crippen molar-refractivity contribution < 1.29 is 9.18 Å². The van der Waals surface area contributed by atoms with Crippen molar-refractivity contribution in [3.8, 4) is 0 Å². The van der Waals surface area contributed by atoms with Crippen molar-refractivity contribution >= 4 is 17.5 Å². The SMILES string of the molecule is CC(C)n1cnc(C(=O)NCc2ccc(Cl)cc2F)c1. The number of hydrogen-bond donors (Lipinski definition) is 1. The van der Waals surface area contributed by atoms with Crippen LogP contribution in [0.5, 0.6) is 0 Å². The molecule has 20 heavy (non-hydrogen) atoms. The van der Waals surface area contributed by atoms with Crippen molar-refractivity contribution in [1.29, 1.82) is 0 Å². The minimum absolute atomic E-state index is 0.0936. The smallest absolute Gasteiger partial charge is 0.271 e. The molecule has 0 aliphatic rings. The molecule has 0 spiro atoms. The predicted octanol–water partition coefficient (Wildman–Crippen LogP) is 3.19. The van der Waals surface area contributed by atoms with Gasteiger partial charge in [-0.15, -0.1) is 0 Å². The number of halogens is 2. The third-order valence-electron chi connectivity index (χ3n) is 2.88. The van der Waals surface area contributed by atoms with E-state index in [1.54, 1.807) is 24.7 Å². The van der Waals surface area contributed by atoms with Gasteiger partial charge < -0.3 is 9.88 Å². The largest absolute Gasteiger partial charge is 0.346 e. The number of benzene rings is 1. The fourth-order valence-corrected chi connectivity index (χ4v) is 1.83. The number of carbonyl (C=O) groups excluding carboxylic acids is 1. The highest BCUT2D eigenvalue weighted by atomic mass is 35.5. The summed E-state index contributed by atoms with van der Waals surface area (Å²) >= 11 is 5.67. The molecule has 0 saturated carbocycles. The average molecular weight is 296 g/mol. The Kier molecular flexibility index (Phi) is 4.39. The van der Waals surface area contributed by atoms with Gasteiger partial charge in [0.1, 0.15) is 11.5 Å².